The van der Waals surface area contributed by atoms with Crippen LogP contribution in [0, 0.1) is 0 Å². The molecule has 5 rings (SSSR count). The highest BCUT2D eigenvalue weighted by Crippen LogP contribution is 2.38. The summed E-state index contributed by atoms with van der Waals surface area (Å²) in [7, 11) is 3.22. The molecule has 7 heteroatoms. The number of carbonyl (C=O) groups is 1. The van der Waals surface area contributed by atoms with Crippen LogP contribution in [0.15, 0.2) is 60.7 Å². The van der Waals surface area contributed by atoms with E-state index < -0.39 is 0 Å². The zero-order valence-corrected chi connectivity index (χ0v) is 17.3. The van der Waals surface area contributed by atoms with Crippen LogP contribution < -0.4 is 24.3 Å². The van der Waals surface area contributed by atoms with Crippen LogP contribution >= 0.6 is 0 Å². The van der Waals surface area contributed by atoms with Gasteiger partial charge in [0.1, 0.15) is 17.7 Å². The predicted molar refractivity (Wildman–Crippen MR) is 115 cm³/mol. The molecular formula is C24H22N2O5. The van der Waals surface area contributed by atoms with E-state index in [9.17, 15) is 4.79 Å². The van der Waals surface area contributed by atoms with Gasteiger partial charge in [0.05, 0.1) is 14.2 Å². The third kappa shape index (κ3) is 3.48. The molecule has 3 aromatic rings. The Balaban J connectivity index is 1.49. The lowest BCUT2D eigenvalue weighted by molar-refractivity contribution is 0.0728. The molecular weight excluding hydrogens is 396 g/mol. The van der Waals surface area contributed by atoms with Crippen LogP contribution in [-0.4, -0.2) is 31.8 Å². The molecule has 3 aromatic carbocycles. The van der Waals surface area contributed by atoms with Crippen LogP contribution in [0.3, 0.4) is 0 Å². The van der Waals surface area contributed by atoms with Crippen molar-refractivity contribution in [2.24, 2.45) is 0 Å². The lowest BCUT2D eigenvalue weighted by Crippen LogP contribution is -2.31. The van der Waals surface area contributed by atoms with Crippen molar-refractivity contribution < 1.29 is 23.7 Å². The molecule has 7 nitrogen and oxygen atoms in total. The normalized spacial score (nSPS) is 16.3. The van der Waals surface area contributed by atoms with E-state index in [1.165, 1.54) is 0 Å². The maximum Gasteiger partial charge on any atom is 0.256 e. The number of hydrogen-bond donors (Lipinski definition) is 1. The molecule has 2 aliphatic heterocycles. The fraction of sp³-hybridized carbons (Fsp3) is 0.208. The Morgan fingerprint density at radius 2 is 1.71 bits per heavy atom. The van der Waals surface area contributed by atoms with Crippen LogP contribution in [0.25, 0.3) is 0 Å². The first-order valence-corrected chi connectivity index (χ1v) is 9.94. The van der Waals surface area contributed by atoms with Gasteiger partial charge in [0.25, 0.3) is 5.91 Å². The number of benzene rings is 3. The highest BCUT2D eigenvalue weighted by molar-refractivity contribution is 5.99. The van der Waals surface area contributed by atoms with Crippen LogP contribution in [0.1, 0.15) is 27.7 Å². The van der Waals surface area contributed by atoms with Gasteiger partial charge in [0, 0.05) is 41.6 Å². The first-order valence-electron chi connectivity index (χ1n) is 9.94. The lowest BCUT2D eigenvalue weighted by atomic mass is 10.1. The van der Waals surface area contributed by atoms with E-state index in [2.05, 4.69) is 5.32 Å². The smallest absolute Gasteiger partial charge is 0.256 e. The number of nitrogens with zero attached hydrogens (tertiary/aromatic N) is 1. The largest absolute Gasteiger partial charge is 0.497 e. The molecule has 0 saturated heterocycles. The fourth-order valence-electron chi connectivity index (χ4n) is 3.97. The molecule has 1 amide bonds. The Bertz CT molecular complexity index is 1120. The third-order valence-corrected chi connectivity index (χ3v) is 5.50. The van der Waals surface area contributed by atoms with Gasteiger partial charge >= 0.3 is 0 Å². The summed E-state index contributed by atoms with van der Waals surface area (Å²) in [6.07, 6.45) is -0.342. The molecule has 1 N–H and O–H groups in total. The first-order chi connectivity index (χ1) is 15.2. The standard InChI is InChI=1S/C24H22N2O5/c1-28-17-10-16(11-18(12-17)29-2)25-23-19-5-3-4-6-20(19)24(27)26(23)13-15-7-8-21-22(9-15)31-14-30-21/h3-12,23,25H,13-14H2,1-2H3/t23-/m0/s1. The van der Waals surface area contributed by atoms with E-state index in [1.807, 2.05) is 65.6 Å². The summed E-state index contributed by atoms with van der Waals surface area (Å²) in [4.78, 5) is 15.1. The van der Waals surface area contributed by atoms with Crippen molar-refractivity contribution in [3.8, 4) is 23.0 Å². The van der Waals surface area contributed by atoms with Crippen molar-refractivity contribution in [2.45, 2.75) is 12.7 Å². The number of fused-ring (bicyclic) bond motifs is 2. The summed E-state index contributed by atoms with van der Waals surface area (Å²) >= 11 is 0. The van der Waals surface area contributed by atoms with Gasteiger partial charge in [-0.2, -0.15) is 0 Å². The zero-order chi connectivity index (χ0) is 21.4. The summed E-state index contributed by atoms with van der Waals surface area (Å²) in [6, 6.07) is 19.0. The van der Waals surface area contributed by atoms with Crippen LogP contribution in [-0.2, 0) is 6.54 Å². The van der Waals surface area contributed by atoms with Gasteiger partial charge in [-0.15, -0.1) is 0 Å². The van der Waals surface area contributed by atoms with Gasteiger partial charge in [-0.3, -0.25) is 4.79 Å². The number of rotatable bonds is 6. The second-order valence-corrected chi connectivity index (χ2v) is 7.36. The molecule has 0 radical (unpaired) electrons. The number of anilines is 1. The Morgan fingerprint density at radius 3 is 2.48 bits per heavy atom. The quantitative estimate of drug-likeness (QED) is 0.647. The lowest BCUT2D eigenvalue weighted by Gasteiger charge is -2.27. The van der Waals surface area contributed by atoms with Gasteiger partial charge in [0.2, 0.25) is 6.79 Å². The number of hydrogen-bond acceptors (Lipinski definition) is 6. The average molecular weight is 418 g/mol. The van der Waals surface area contributed by atoms with Crippen molar-refractivity contribution in [1.29, 1.82) is 0 Å². The number of carbonyl (C=O) groups excluding carboxylic acids is 1. The molecule has 0 bridgehead atoms. The second kappa shape index (κ2) is 7.75. The van der Waals surface area contributed by atoms with Crippen LogP contribution in [0.4, 0.5) is 5.69 Å². The zero-order valence-electron chi connectivity index (χ0n) is 17.3. The Kier molecular flexibility index (Phi) is 4.78. The van der Waals surface area contributed by atoms with Crippen LogP contribution in [0.5, 0.6) is 23.0 Å². The molecule has 0 unspecified atom stereocenters. The SMILES string of the molecule is COc1cc(N[C@@H]2c3ccccc3C(=O)N2Cc2ccc3c(c2)OCO3)cc(OC)c1. The van der Waals surface area contributed by atoms with Crippen molar-refractivity contribution in [3.05, 3.63) is 77.4 Å². The minimum atomic E-state index is -0.342. The fourth-order valence-corrected chi connectivity index (χ4v) is 3.97. The van der Waals surface area contributed by atoms with Gasteiger partial charge in [0.15, 0.2) is 11.5 Å². The van der Waals surface area contributed by atoms with E-state index >= 15 is 0 Å². The second-order valence-electron chi connectivity index (χ2n) is 7.36. The Hall–Kier alpha value is -3.87. The van der Waals surface area contributed by atoms with Gasteiger partial charge in [-0.1, -0.05) is 24.3 Å². The number of nitrogens with one attached hydrogen (secondary N) is 1. The predicted octanol–water partition coefficient (Wildman–Crippen LogP) is 4.20. The maximum atomic E-state index is 13.3. The number of amides is 1. The summed E-state index contributed by atoms with van der Waals surface area (Å²) < 4.78 is 21.7. The highest BCUT2D eigenvalue weighted by atomic mass is 16.7. The van der Waals surface area contributed by atoms with E-state index in [4.69, 9.17) is 18.9 Å². The van der Waals surface area contributed by atoms with Crippen LogP contribution in [0.2, 0.25) is 0 Å². The Morgan fingerprint density at radius 1 is 0.968 bits per heavy atom. The summed E-state index contributed by atoms with van der Waals surface area (Å²) in [5.41, 5.74) is 3.37. The number of ether oxygens (including phenoxy) is 4. The molecule has 2 heterocycles. The molecule has 1 atom stereocenters. The summed E-state index contributed by atoms with van der Waals surface area (Å²) in [6.45, 7) is 0.637. The maximum absolute atomic E-state index is 13.3. The average Bonchev–Trinajstić information content (AvgIpc) is 3.37. The highest BCUT2D eigenvalue weighted by Gasteiger charge is 2.36. The minimum absolute atomic E-state index is 0.0272. The van der Waals surface area contributed by atoms with E-state index in [0.29, 0.717) is 29.4 Å². The molecule has 2 aliphatic rings. The molecule has 0 spiro atoms. The molecule has 31 heavy (non-hydrogen) atoms. The molecule has 0 saturated carbocycles. The molecule has 0 aromatic heterocycles. The minimum Gasteiger partial charge on any atom is -0.497 e. The molecule has 0 fully saturated rings. The monoisotopic (exact) mass is 418 g/mol. The molecule has 0 aliphatic carbocycles. The van der Waals surface area contributed by atoms with Gasteiger partial charge in [-0.25, -0.2) is 0 Å². The van der Waals surface area contributed by atoms with E-state index in [0.717, 1.165) is 22.6 Å². The molecule has 158 valence electrons. The summed E-state index contributed by atoms with van der Waals surface area (Å²) in [5.74, 6) is 2.73. The van der Waals surface area contributed by atoms with Crippen molar-refractivity contribution in [2.75, 3.05) is 26.3 Å². The van der Waals surface area contributed by atoms with E-state index in [-0.39, 0.29) is 18.9 Å². The van der Waals surface area contributed by atoms with Gasteiger partial charge < -0.3 is 29.2 Å². The Labute approximate surface area is 180 Å². The van der Waals surface area contributed by atoms with E-state index in [1.54, 1.807) is 14.2 Å². The summed E-state index contributed by atoms with van der Waals surface area (Å²) in [5, 5.41) is 3.49. The third-order valence-electron chi connectivity index (χ3n) is 5.50. The van der Waals surface area contributed by atoms with Crippen molar-refractivity contribution in [1.82, 2.24) is 4.90 Å². The van der Waals surface area contributed by atoms with Crippen molar-refractivity contribution in [3.63, 3.8) is 0 Å². The number of methoxy groups -OCH3 is 2. The first kappa shape index (κ1) is 19.1. The van der Waals surface area contributed by atoms with Gasteiger partial charge in [-0.05, 0) is 23.8 Å². The van der Waals surface area contributed by atoms with Crippen molar-refractivity contribution >= 4 is 11.6 Å². The topological polar surface area (TPSA) is 69.3 Å².